The van der Waals surface area contributed by atoms with E-state index in [2.05, 4.69) is 10.2 Å². The van der Waals surface area contributed by atoms with Crippen LogP contribution in [0.3, 0.4) is 0 Å². The monoisotopic (exact) mass is 369 g/mol. The predicted octanol–water partition coefficient (Wildman–Crippen LogP) is 2.01. The largest absolute Gasteiger partial charge is 0.466 e. The highest BCUT2D eigenvalue weighted by molar-refractivity contribution is 5.76. The van der Waals surface area contributed by atoms with Crippen LogP contribution in [0.4, 0.5) is 4.79 Å². The number of urea groups is 1. The lowest BCUT2D eigenvalue weighted by molar-refractivity contribution is -0.143. The summed E-state index contributed by atoms with van der Waals surface area (Å²) in [5, 5.41) is 3.16. The van der Waals surface area contributed by atoms with Crippen LogP contribution < -0.4 is 5.32 Å². The number of rotatable bonds is 9. The Hall–Kier alpha value is -1.34. The van der Waals surface area contributed by atoms with Crippen LogP contribution in [0, 0.1) is 0 Å². The number of amides is 2. The third-order valence-corrected chi connectivity index (χ3v) is 5.12. The Kier molecular flexibility index (Phi) is 9.77. The normalized spacial score (nSPS) is 19.1. The van der Waals surface area contributed by atoms with Crippen molar-refractivity contribution in [2.45, 2.75) is 57.9 Å². The summed E-state index contributed by atoms with van der Waals surface area (Å²) in [5.41, 5.74) is 0. The maximum absolute atomic E-state index is 12.7. The van der Waals surface area contributed by atoms with E-state index in [0.29, 0.717) is 19.7 Å². The van der Waals surface area contributed by atoms with Crippen LogP contribution in [0.5, 0.6) is 0 Å². The Morgan fingerprint density at radius 3 is 2.58 bits per heavy atom. The molecule has 0 bridgehead atoms. The van der Waals surface area contributed by atoms with Crippen LogP contribution >= 0.6 is 0 Å². The van der Waals surface area contributed by atoms with E-state index in [4.69, 9.17) is 9.47 Å². The quantitative estimate of drug-likeness (QED) is 0.630. The summed E-state index contributed by atoms with van der Waals surface area (Å²) >= 11 is 0. The molecule has 1 aliphatic carbocycles. The average Bonchev–Trinajstić information content (AvgIpc) is 2.66. The summed E-state index contributed by atoms with van der Waals surface area (Å²) in [5.74, 6) is -0.240. The summed E-state index contributed by atoms with van der Waals surface area (Å²) in [6, 6.07) is 0.240. The lowest BCUT2D eigenvalue weighted by atomic mass is 9.96. The van der Waals surface area contributed by atoms with Crippen LogP contribution in [0.1, 0.15) is 51.9 Å². The van der Waals surface area contributed by atoms with Crippen molar-refractivity contribution in [1.82, 2.24) is 15.1 Å². The molecule has 0 aromatic heterocycles. The van der Waals surface area contributed by atoms with Gasteiger partial charge in [0, 0.05) is 38.8 Å². The van der Waals surface area contributed by atoms with E-state index >= 15 is 0 Å². The topological polar surface area (TPSA) is 71.1 Å². The van der Waals surface area contributed by atoms with Gasteiger partial charge in [-0.05, 0) is 26.2 Å². The van der Waals surface area contributed by atoms with Crippen LogP contribution in [0.25, 0.3) is 0 Å². The molecule has 2 aliphatic rings. The van der Waals surface area contributed by atoms with E-state index in [1.165, 1.54) is 19.3 Å². The molecule has 0 radical (unpaired) electrons. The first kappa shape index (κ1) is 21.0. The van der Waals surface area contributed by atoms with Gasteiger partial charge >= 0.3 is 12.0 Å². The van der Waals surface area contributed by atoms with E-state index < -0.39 is 0 Å². The van der Waals surface area contributed by atoms with Crippen molar-refractivity contribution in [3.8, 4) is 0 Å². The lowest BCUT2D eigenvalue weighted by Gasteiger charge is -2.30. The van der Waals surface area contributed by atoms with Gasteiger partial charge in [0.15, 0.2) is 0 Å². The molecule has 2 fully saturated rings. The smallest absolute Gasteiger partial charge is 0.317 e. The summed E-state index contributed by atoms with van der Waals surface area (Å²) < 4.78 is 10.4. The van der Waals surface area contributed by atoms with Gasteiger partial charge in [-0.25, -0.2) is 4.79 Å². The predicted molar refractivity (Wildman–Crippen MR) is 100 cm³/mol. The zero-order valence-corrected chi connectivity index (χ0v) is 16.2. The molecule has 2 rings (SSSR count). The fourth-order valence-electron chi connectivity index (χ4n) is 3.60. The van der Waals surface area contributed by atoms with Crippen molar-refractivity contribution in [1.29, 1.82) is 0 Å². The summed E-state index contributed by atoms with van der Waals surface area (Å²) in [4.78, 5) is 28.5. The van der Waals surface area contributed by atoms with Crippen LogP contribution in [0.2, 0.25) is 0 Å². The third kappa shape index (κ3) is 7.91. The van der Waals surface area contributed by atoms with Crippen molar-refractivity contribution in [3.63, 3.8) is 0 Å². The van der Waals surface area contributed by atoms with Gasteiger partial charge in [0.25, 0.3) is 0 Å². The fraction of sp³-hybridized carbons (Fsp3) is 0.895. The number of hydrogen-bond donors (Lipinski definition) is 1. The van der Waals surface area contributed by atoms with E-state index in [9.17, 15) is 9.59 Å². The Bertz CT molecular complexity index is 421. The van der Waals surface area contributed by atoms with E-state index in [1.54, 1.807) is 11.8 Å². The van der Waals surface area contributed by atoms with Gasteiger partial charge in [-0.15, -0.1) is 0 Å². The van der Waals surface area contributed by atoms with Crippen LogP contribution in [0.15, 0.2) is 0 Å². The first-order valence-electron chi connectivity index (χ1n) is 10.2. The second-order valence-electron chi connectivity index (χ2n) is 7.13. The lowest BCUT2D eigenvalue weighted by Crippen LogP contribution is -2.47. The highest BCUT2D eigenvalue weighted by Crippen LogP contribution is 2.17. The molecule has 7 nitrogen and oxygen atoms in total. The number of carbonyl (C=O) groups is 2. The van der Waals surface area contributed by atoms with Gasteiger partial charge in [0.05, 0.1) is 26.2 Å². The zero-order valence-electron chi connectivity index (χ0n) is 16.2. The Labute approximate surface area is 157 Å². The molecule has 1 heterocycles. The minimum Gasteiger partial charge on any atom is -0.466 e. The van der Waals surface area contributed by atoms with Gasteiger partial charge in [0.2, 0.25) is 0 Å². The number of nitrogens with zero attached hydrogens (tertiary/aromatic N) is 2. The molecular formula is C19H35N3O4. The number of carbonyl (C=O) groups excluding carboxylic acids is 2. The molecule has 0 spiro atoms. The minimum absolute atomic E-state index is 0.0387. The highest BCUT2D eigenvalue weighted by atomic mass is 16.5. The summed E-state index contributed by atoms with van der Waals surface area (Å²) in [6.07, 6.45) is 6.91. The number of ether oxygens (including phenoxy) is 2. The fourth-order valence-corrected chi connectivity index (χ4v) is 3.60. The van der Waals surface area contributed by atoms with Gasteiger partial charge in [-0.3, -0.25) is 9.69 Å². The van der Waals surface area contributed by atoms with Crippen LogP contribution in [-0.2, 0) is 14.3 Å². The van der Waals surface area contributed by atoms with Crippen LogP contribution in [-0.4, -0.2) is 80.4 Å². The molecular weight excluding hydrogens is 334 g/mol. The second-order valence-corrected chi connectivity index (χ2v) is 7.13. The Balaban J connectivity index is 1.78. The molecule has 0 aromatic rings. The van der Waals surface area contributed by atoms with E-state index in [-0.39, 0.29) is 24.5 Å². The van der Waals surface area contributed by atoms with Crippen molar-refractivity contribution < 1.29 is 19.1 Å². The van der Waals surface area contributed by atoms with Crippen molar-refractivity contribution in [2.24, 2.45) is 0 Å². The Morgan fingerprint density at radius 2 is 1.88 bits per heavy atom. The number of hydrogen-bond acceptors (Lipinski definition) is 5. The summed E-state index contributed by atoms with van der Waals surface area (Å²) in [7, 11) is 0. The molecule has 7 heteroatoms. The molecule has 1 N–H and O–H groups in total. The zero-order chi connectivity index (χ0) is 18.6. The number of nitrogens with one attached hydrogen (secondary N) is 1. The number of esters is 1. The standard InChI is InChI=1S/C19H35N3O4/c1-2-26-18(23)9-12-22(11-6-10-21-13-15-25-16-14-21)19(24)20-17-7-4-3-5-8-17/h17H,2-16H2,1H3,(H,20,24). The SMILES string of the molecule is CCOC(=O)CCN(CCCN1CCOCC1)C(=O)NC1CCCCC1. The average molecular weight is 370 g/mol. The number of morpholine rings is 1. The molecule has 150 valence electrons. The Morgan fingerprint density at radius 1 is 1.15 bits per heavy atom. The molecule has 1 saturated heterocycles. The van der Waals surface area contributed by atoms with Crippen molar-refractivity contribution in [2.75, 3.05) is 52.5 Å². The molecule has 26 heavy (non-hydrogen) atoms. The first-order chi connectivity index (χ1) is 12.7. The highest BCUT2D eigenvalue weighted by Gasteiger charge is 2.21. The maximum atomic E-state index is 12.7. The minimum atomic E-state index is -0.240. The van der Waals surface area contributed by atoms with Crippen molar-refractivity contribution >= 4 is 12.0 Å². The summed E-state index contributed by atoms with van der Waals surface area (Å²) in [6.45, 7) is 7.70. The van der Waals surface area contributed by atoms with Gasteiger partial charge in [-0.1, -0.05) is 19.3 Å². The second kappa shape index (κ2) is 12.1. The third-order valence-electron chi connectivity index (χ3n) is 5.12. The first-order valence-corrected chi connectivity index (χ1v) is 10.2. The molecule has 0 aromatic carbocycles. The molecule has 0 unspecified atom stereocenters. The molecule has 0 atom stereocenters. The van der Waals surface area contributed by atoms with Gasteiger partial charge in [-0.2, -0.15) is 0 Å². The molecule has 1 aliphatic heterocycles. The van der Waals surface area contributed by atoms with Gasteiger partial charge < -0.3 is 19.7 Å². The molecule has 1 saturated carbocycles. The maximum Gasteiger partial charge on any atom is 0.317 e. The van der Waals surface area contributed by atoms with Gasteiger partial charge in [0.1, 0.15) is 0 Å². The molecule has 2 amide bonds. The van der Waals surface area contributed by atoms with E-state index in [1.807, 2.05) is 0 Å². The van der Waals surface area contributed by atoms with E-state index in [0.717, 1.165) is 52.1 Å². The van der Waals surface area contributed by atoms with Crippen molar-refractivity contribution in [3.05, 3.63) is 0 Å².